The van der Waals surface area contributed by atoms with E-state index < -0.39 is 11.1 Å². The highest BCUT2D eigenvalue weighted by molar-refractivity contribution is 6.31. The lowest BCUT2D eigenvalue weighted by Crippen LogP contribution is -2.65. The fraction of sp³-hybridized carbons (Fsp3) is 0.440. The zero-order chi connectivity index (χ0) is 23.1. The molecule has 2 aromatic carbocycles. The first-order chi connectivity index (χ1) is 15.1. The van der Waals surface area contributed by atoms with Gasteiger partial charge in [0.15, 0.2) is 0 Å². The van der Waals surface area contributed by atoms with E-state index in [-0.39, 0.29) is 23.8 Å². The molecule has 0 spiro atoms. The molecule has 1 saturated carbocycles. The maximum absolute atomic E-state index is 13.6. The van der Waals surface area contributed by atoms with Gasteiger partial charge in [0.05, 0.1) is 5.54 Å². The van der Waals surface area contributed by atoms with Crippen LogP contribution in [-0.4, -0.2) is 23.4 Å². The molecule has 1 fully saturated rings. The van der Waals surface area contributed by atoms with Crippen molar-refractivity contribution in [2.75, 3.05) is 5.32 Å². The van der Waals surface area contributed by atoms with E-state index in [1.807, 2.05) is 31.2 Å². The number of carbonyl (C=O) groups is 2. The summed E-state index contributed by atoms with van der Waals surface area (Å²) in [5.74, 6) is -0.0341. The molecule has 1 aliphatic heterocycles. The highest BCUT2D eigenvalue weighted by atomic mass is 35.5. The van der Waals surface area contributed by atoms with Crippen molar-refractivity contribution in [1.29, 1.82) is 0 Å². The Balaban J connectivity index is 1.80. The van der Waals surface area contributed by atoms with Crippen LogP contribution in [0.2, 0.25) is 10.0 Å². The van der Waals surface area contributed by atoms with Gasteiger partial charge in [0.2, 0.25) is 11.8 Å². The minimum absolute atomic E-state index is 0.0746. The summed E-state index contributed by atoms with van der Waals surface area (Å²) >= 11 is 12.5. The van der Waals surface area contributed by atoms with Gasteiger partial charge in [-0.25, -0.2) is 0 Å². The lowest BCUT2D eigenvalue weighted by atomic mass is 9.79. The van der Waals surface area contributed by atoms with Crippen LogP contribution in [0, 0.1) is 5.92 Å². The van der Waals surface area contributed by atoms with E-state index in [1.165, 1.54) is 0 Å². The smallest absolute Gasteiger partial charge is 0.249 e. The van der Waals surface area contributed by atoms with Gasteiger partial charge in [-0.1, -0.05) is 55.2 Å². The van der Waals surface area contributed by atoms with Crippen LogP contribution in [0.25, 0.3) is 0 Å². The van der Waals surface area contributed by atoms with Crippen molar-refractivity contribution < 1.29 is 9.59 Å². The number of rotatable bonds is 8. The van der Waals surface area contributed by atoms with Gasteiger partial charge in [-0.15, -0.1) is 0 Å². The van der Waals surface area contributed by atoms with E-state index in [2.05, 4.69) is 29.8 Å². The number of hydrogen-bond acceptors (Lipinski definition) is 3. The monoisotopic (exact) mass is 473 g/mol. The third-order valence-electron chi connectivity index (χ3n) is 6.16. The lowest BCUT2D eigenvalue weighted by Gasteiger charge is -2.40. The highest BCUT2D eigenvalue weighted by Crippen LogP contribution is 2.42. The summed E-state index contributed by atoms with van der Waals surface area (Å²) in [6, 6.07) is 13.1. The van der Waals surface area contributed by atoms with Crippen LogP contribution in [0.5, 0.6) is 0 Å². The second-order valence-corrected chi connectivity index (χ2v) is 10.5. The Morgan fingerprint density at radius 2 is 1.91 bits per heavy atom. The zero-order valence-corrected chi connectivity index (χ0v) is 20.1. The van der Waals surface area contributed by atoms with E-state index >= 15 is 0 Å². The molecule has 0 radical (unpaired) electrons. The Labute approximate surface area is 199 Å². The molecule has 170 valence electrons. The van der Waals surface area contributed by atoms with Crippen LogP contribution in [0.3, 0.4) is 0 Å². The van der Waals surface area contributed by atoms with Gasteiger partial charge < -0.3 is 10.6 Å². The van der Waals surface area contributed by atoms with Crippen molar-refractivity contribution in [2.24, 2.45) is 5.92 Å². The van der Waals surface area contributed by atoms with Gasteiger partial charge >= 0.3 is 0 Å². The average molecular weight is 474 g/mol. The predicted octanol–water partition coefficient (Wildman–Crippen LogP) is 5.06. The van der Waals surface area contributed by atoms with E-state index in [4.69, 9.17) is 23.2 Å². The summed E-state index contributed by atoms with van der Waals surface area (Å²) in [6.07, 6.45) is 2.93. The van der Waals surface area contributed by atoms with Crippen LogP contribution in [0.1, 0.15) is 51.2 Å². The van der Waals surface area contributed by atoms with Crippen molar-refractivity contribution in [2.45, 2.75) is 63.6 Å². The quantitative estimate of drug-likeness (QED) is 0.501. The number of anilines is 1. The third-order valence-corrected chi connectivity index (χ3v) is 6.63. The Kier molecular flexibility index (Phi) is 6.27. The molecule has 0 saturated heterocycles. The molecule has 0 aromatic heterocycles. The molecular weight excluding hydrogens is 445 g/mol. The van der Waals surface area contributed by atoms with E-state index in [0.717, 1.165) is 24.0 Å². The molecule has 2 atom stereocenters. The van der Waals surface area contributed by atoms with Crippen molar-refractivity contribution in [3.05, 3.63) is 63.6 Å². The van der Waals surface area contributed by atoms with Gasteiger partial charge in [0, 0.05) is 33.8 Å². The maximum Gasteiger partial charge on any atom is 0.249 e. The largest absolute Gasteiger partial charge is 0.352 e. The van der Waals surface area contributed by atoms with Crippen molar-refractivity contribution in [3.63, 3.8) is 0 Å². The van der Waals surface area contributed by atoms with Crippen molar-refractivity contribution >= 4 is 40.7 Å². The first kappa shape index (κ1) is 23.1. The SMILES string of the molecule is CC(C)CC(C)(NC1(Cc2cccc(Cl)c2)C(=O)Nc2cc(Cl)ccc21)C(=O)NC1CC1. The van der Waals surface area contributed by atoms with E-state index in [9.17, 15) is 9.59 Å². The van der Waals surface area contributed by atoms with Crippen LogP contribution in [-0.2, 0) is 21.5 Å². The first-order valence-electron chi connectivity index (χ1n) is 11.1. The molecule has 1 heterocycles. The Hall–Kier alpha value is -2.08. The molecule has 2 aliphatic rings. The lowest BCUT2D eigenvalue weighted by molar-refractivity contribution is -0.131. The van der Waals surface area contributed by atoms with Crippen molar-refractivity contribution in [1.82, 2.24) is 10.6 Å². The summed E-state index contributed by atoms with van der Waals surface area (Å²) in [5, 5.41) is 10.8. The highest BCUT2D eigenvalue weighted by Gasteiger charge is 2.52. The maximum atomic E-state index is 13.6. The topological polar surface area (TPSA) is 70.2 Å². The predicted molar refractivity (Wildman–Crippen MR) is 129 cm³/mol. The summed E-state index contributed by atoms with van der Waals surface area (Å²) in [4.78, 5) is 27.0. The summed E-state index contributed by atoms with van der Waals surface area (Å²) < 4.78 is 0. The van der Waals surface area contributed by atoms with Crippen LogP contribution < -0.4 is 16.0 Å². The molecular formula is C25H29Cl2N3O2. The molecule has 0 bridgehead atoms. The number of nitrogens with one attached hydrogen (secondary N) is 3. The van der Waals surface area contributed by atoms with Crippen LogP contribution in [0.4, 0.5) is 5.69 Å². The number of amides is 2. The molecule has 7 heteroatoms. The van der Waals surface area contributed by atoms with Gasteiger partial charge in [0.25, 0.3) is 0 Å². The van der Waals surface area contributed by atoms with Gasteiger partial charge in [-0.05, 0) is 61.9 Å². The minimum atomic E-state index is -1.14. The van der Waals surface area contributed by atoms with Crippen LogP contribution in [0.15, 0.2) is 42.5 Å². The summed E-state index contributed by atoms with van der Waals surface area (Å²) in [5.41, 5.74) is 0.244. The molecule has 4 rings (SSSR count). The molecule has 1 aliphatic carbocycles. The number of carbonyl (C=O) groups excluding carboxylic acids is 2. The molecule has 2 amide bonds. The van der Waals surface area contributed by atoms with Crippen LogP contribution >= 0.6 is 23.2 Å². The first-order valence-corrected chi connectivity index (χ1v) is 11.8. The van der Waals surface area contributed by atoms with Gasteiger partial charge in [0.1, 0.15) is 5.54 Å². The Bertz CT molecular complexity index is 1050. The van der Waals surface area contributed by atoms with E-state index in [1.54, 1.807) is 18.2 Å². The Morgan fingerprint density at radius 3 is 2.56 bits per heavy atom. The Morgan fingerprint density at radius 1 is 1.19 bits per heavy atom. The minimum Gasteiger partial charge on any atom is -0.352 e. The normalized spacial score (nSPS) is 21.8. The van der Waals surface area contributed by atoms with Crippen molar-refractivity contribution in [3.8, 4) is 0 Å². The third kappa shape index (κ3) is 4.66. The summed E-state index contributed by atoms with van der Waals surface area (Å²) in [7, 11) is 0. The number of fused-ring (bicyclic) bond motifs is 1. The number of halogens is 2. The molecule has 3 N–H and O–H groups in total. The molecule has 2 aromatic rings. The molecule has 32 heavy (non-hydrogen) atoms. The standard InChI is InChI=1S/C25H29Cl2N3O2/c1-15(2)13-24(3,22(31)28-19-8-9-19)30-25(14-16-5-4-6-17(26)11-16)20-10-7-18(27)12-21(20)29-23(25)32/h4-7,10-12,15,19,30H,8-9,13-14H2,1-3H3,(H,28,31)(H,29,32). The van der Waals surface area contributed by atoms with Gasteiger partial charge in [-0.2, -0.15) is 0 Å². The average Bonchev–Trinajstić information content (AvgIpc) is 3.46. The fourth-order valence-corrected chi connectivity index (χ4v) is 5.09. The molecule has 2 unspecified atom stereocenters. The second-order valence-electron chi connectivity index (χ2n) is 9.66. The molecule has 5 nitrogen and oxygen atoms in total. The zero-order valence-electron chi connectivity index (χ0n) is 18.6. The van der Waals surface area contributed by atoms with E-state index in [0.29, 0.717) is 28.6 Å². The van der Waals surface area contributed by atoms with Gasteiger partial charge in [-0.3, -0.25) is 14.9 Å². The number of benzene rings is 2. The second kappa shape index (κ2) is 8.69. The number of hydrogen-bond donors (Lipinski definition) is 3. The fourth-order valence-electron chi connectivity index (χ4n) is 4.70. The summed E-state index contributed by atoms with van der Waals surface area (Å²) in [6.45, 7) is 6.05.